The van der Waals surface area contributed by atoms with Crippen LogP contribution in [0.4, 0.5) is 5.82 Å². The minimum absolute atomic E-state index is 0.495. The van der Waals surface area contributed by atoms with E-state index in [1.165, 1.54) is 0 Å². The van der Waals surface area contributed by atoms with E-state index in [0.717, 1.165) is 31.7 Å². The molecule has 0 bridgehead atoms. The third-order valence-corrected chi connectivity index (χ3v) is 3.28. The maximum Gasteiger partial charge on any atom is 0.121 e. The van der Waals surface area contributed by atoms with Gasteiger partial charge in [0.2, 0.25) is 0 Å². The molecule has 1 aliphatic rings. The lowest BCUT2D eigenvalue weighted by Gasteiger charge is -2.34. The molecule has 1 aliphatic heterocycles. The Morgan fingerprint density at radius 1 is 1.40 bits per heavy atom. The van der Waals surface area contributed by atoms with Gasteiger partial charge in [-0.05, 0) is 32.8 Å². The van der Waals surface area contributed by atoms with Crippen molar-refractivity contribution in [3.05, 3.63) is 12.3 Å². The molecule has 0 atom stereocenters. The molecule has 0 radical (unpaired) electrons. The van der Waals surface area contributed by atoms with Crippen LogP contribution in [0.5, 0.6) is 0 Å². The first-order valence-corrected chi connectivity index (χ1v) is 5.71. The Hall–Kier alpha value is -1.03. The van der Waals surface area contributed by atoms with Crippen LogP contribution in [0.2, 0.25) is 0 Å². The lowest BCUT2D eigenvalue weighted by molar-refractivity contribution is 0.148. The Morgan fingerprint density at radius 3 is 2.53 bits per heavy atom. The van der Waals surface area contributed by atoms with Gasteiger partial charge in [-0.25, -0.2) is 4.68 Å². The maximum absolute atomic E-state index is 5.85. The molecule has 1 fully saturated rings. The second-order valence-electron chi connectivity index (χ2n) is 4.56. The lowest BCUT2D eigenvalue weighted by atomic mass is 10.0. The molecule has 1 saturated heterocycles. The molecule has 2 heterocycles. The van der Waals surface area contributed by atoms with Crippen LogP contribution in [0, 0.1) is 0 Å². The van der Waals surface area contributed by atoms with Gasteiger partial charge in [-0.1, -0.05) is 0 Å². The zero-order valence-corrected chi connectivity index (χ0v) is 9.56. The third kappa shape index (κ3) is 2.15. The second kappa shape index (κ2) is 4.23. The number of rotatable bonds is 2. The summed E-state index contributed by atoms with van der Waals surface area (Å²) in [5.41, 5.74) is 5.85. The van der Waals surface area contributed by atoms with Gasteiger partial charge in [-0.2, -0.15) is 5.10 Å². The zero-order chi connectivity index (χ0) is 10.8. The topological polar surface area (TPSA) is 47.1 Å². The van der Waals surface area contributed by atoms with Crippen LogP contribution >= 0.6 is 0 Å². The Kier molecular flexibility index (Phi) is 2.95. The summed E-state index contributed by atoms with van der Waals surface area (Å²) in [6.45, 7) is 6.81. The van der Waals surface area contributed by atoms with E-state index in [1.54, 1.807) is 6.20 Å². The highest BCUT2D eigenvalue weighted by Crippen LogP contribution is 2.24. The van der Waals surface area contributed by atoms with Crippen molar-refractivity contribution < 1.29 is 0 Å². The zero-order valence-electron chi connectivity index (χ0n) is 9.56. The van der Waals surface area contributed by atoms with Crippen LogP contribution in [-0.4, -0.2) is 33.8 Å². The van der Waals surface area contributed by atoms with Crippen LogP contribution in [0.25, 0.3) is 0 Å². The number of hydrogen-bond donors (Lipinski definition) is 1. The van der Waals surface area contributed by atoms with E-state index in [-0.39, 0.29) is 0 Å². The van der Waals surface area contributed by atoms with Crippen LogP contribution in [0.3, 0.4) is 0 Å². The van der Waals surface area contributed by atoms with E-state index >= 15 is 0 Å². The summed E-state index contributed by atoms with van der Waals surface area (Å²) in [7, 11) is 0. The first kappa shape index (κ1) is 10.5. The van der Waals surface area contributed by atoms with Crippen molar-refractivity contribution in [2.75, 3.05) is 18.8 Å². The Labute approximate surface area is 91.1 Å². The number of aromatic nitrogens is 2. The molecule has 0 unspecified atom stereocenters. The standard InChI is InChI=1S/C11H20N4/c1-9(2)14-7-4-10(5-8-14)15-11(12)3-6-13-15/h3,6,9-10H,4-5,7-8,12H2,1-2H3. The molecular formula is C11H20N4. The van der Waals surface area contributed by atoms with Crippen molar-refractivity contribution in [3.8, 4) is 0 Å². The van der Waals surface area contributed by atoms with Crippen molar-refractivity contribution in [1.29, 1.82) is 0 Å². The van der Waals surface area contributed by atoms with E-state index in [9.17, 15) is 0 Å². The highest BCUT2D eigenvalue weighted by Gasteiger charge is 2.23. The highest BCUT2D eigenvalue weighted by molar-refractivity contribution is 5.26. The molecule has 4 nitrogen and oxygen atoms in total. The van der Waals surface area contributed by atoms with Gasteiger partial charge >= 0.3 is 0 Å². The summed E-state index contributed by atoms with van der Waals surface area (Å²) >= 11 is 0. The number of nitrogens with zero attached hydrogens (tertiary/aromatic N) is 3. The quantitative estimate of drug-likeness (QED) is 0.801. The molecule has 15 heavy (non-hydrogen) atoms. The van der Waals surface area contributed by atoms with E-state index < -0.39 is 0 Å². The number of nitrogens with two attached hydrogens (primary N) is 1. The summed E-state index contributed by atoms with van der Waals surface area (Å²) in [6, 6.07) is 3.02. The van der Waals surface area contributed by atoms with Crippen LogP contribution in [0.1, 0.15) is 32.7 Å². The Bertz CT molecular complexity index is 310. The average Bonchev–Trinajstić information content (AvgIpc) is 2.65. The number of anilines is 1. The minimum atomic E-state index is 0.495. The Balaban J connectivity index is 1.97. The molecule has 0 spiro atoms. The first-order valence-electron chi connectivity index (χ1n) is 5.71. The van der Waals surface area contributed by atoms with Gasteiger partial charge in [0.1, 0.15) is 5.82 Å². The minimum Gasteiger partial charge on any atom is -0.384 e. The van der Waals surface area contributed by atoms with E-state index in [4.69, 9.17) is 5.73 Å². The van der Waals surface area contributed by atoms with Gasteiger partial charge in [-0.15, -0.1) is 0 Å². The molecule has 1 aromatic heterocycles. The Morgan fingerprint density at radius 2 is 2.07 bits per heavy atom. The van der Waals surface area contributed by atoms with Crippen molar-refractivity contribution in [2.45, 2.75) is 38.8 Å². The molecule has 2 rings (SSSR count). The van der Waals surface area contributed by atoms with Crippen LogP contribution in [-0.2, 0) is 0 Å². The molecule has 4 heteroatoms. The van der Waals surface area contributed by atoms with Crippen LogP contribution in [0.15, 0.2) is 12.3 Å². The summed E-state index contributed by atoms with van der Waals surface area (Å²) in [4.78, 5) is 2.51. The molecular weight excluding hydrogens is 188 g/mol. The fraction of sp³-hybridized carbons (Fsp3) is 0.727. The first-order chi connectivity index (χ1) is 7.18. The predicted octanol–water partition coefficient (Wildman–Crippen LogP) is 1.51. The fourth-order valence-electron chi connectivity index (χ4n) is 2.28. The van der Waals surface area contributed by atoms with Gasteiger partial charge in [0.15, 0.2) is 0 Å². The fourth-order valence-corrected chi connectivity index (χ4v) is 2.28. The van der Waals surface area contributed by atoms with Gasteiger partial charge in [0.25, 0.3) is 0 Å². The highest BCUT2D eigenvalue weighted by atomic mass is 15.3. The number of nitrogen functional groups attached to an aromatic ring is 1. The monoisotopic (exact) mass is 208 g/mol. The summed E-state index contributed by atoms with van der Waals surface area (Å²) in [5.74, 6) is 0.790. The normalized spacial score (nSPS) is 19.9. The SMILES string of the molecule is CC(C)N1CCC(n2nccc2N)CC1. The number of hydrogen-bond acceptors (Lipinski definition) is 3. The van der Waals surface area contributed by atoms with Crippen molar-refractivity contribution in [3.63, 3.8) is 0 Å². The second-order valence-corrected chi connectivity index (χ2v) is 4.56. The summed E-state index contributed by atoms with van der Waals surface area (Å²) in [5, 5.41) is 4.28. The smallest absolute Gasteiger partial charge is 0.121 e. The van der Waals surface area contributed by atoms with E-state index in [1.807, 2.05) is 10.7 Å². The van der Waals surface area contributed by atoms with Gasteiger partial charge in [0, 0.05) is 19.1 Å². The summed E-state index contributed by atoms with van der Waals surface area (Å²) < 4.78 is 1.97. The largest absolute Gasteiger partial charge is 0.384 e. The van der Waals surface area contributed by atoms with Gasteiger partial charge in [0.05, 0.1) is 12.2 Å². The van der Waals surface area contributed by atoms with Crippen molar-refractivity contribution in [1.82, 2.24) is 14.7 Å². The molecule has 1 aromatic rings. The number of likely N-dealkylation sites (tertiary alicyclic amines) is 1. The average molecular weight is 208 g/mol. The third-order valence-electron chi connectivity index (χ3n) is 3.28. The molecule has 0 aromatic carbocycles. The molecule has 84 valence electrons. The van der Waals surface area contributed by atoms with Crippen LogP contribution < -0.4 is 5.73 Å². The summed E-state index contributed by atoms with van der Waals surface area (Å²) in [6.07, 6.45) is 4.10. The van der Waals surface area contributed by atoms with E-state index in [0.29, 0.717) is 12.1 Å². The van der Waals surface area contributed by atoms with Gasteiger partial charge in [-0.3, -0.25) is 0 Å². The van der Waals surface area contributed by atoms with Crippen molar-refractivity contribution >= 4 is 5.82 Å². The van der Waals surface area contributed by atoms with E-state index in [2.05, 4.69) is 23.8 Å². The maximum atomic E-state index is 5.85. The molecule has 2 N–H and O–H groups in total. The van der Waals surface area contributed by atoms with Gasteiger partial charge < -0.3 is 10.6 Å². The number of piperidine rings is 1. The molecule has 0 aliphatic carbocycles. The predicted molar refractivity (Wildman–Crippen MR) is 61.6 cm³/mol. The lowest BCUT2D eigenvalue weighted by Crippen LogP contribution is -2.39. The van der Waals surface area contributed by atoms with Crippen molar-refractivity contribution in [2.24, 2.45) is 0 Å². The molecule has 0 amide bonds. The molecule has 0 saturated carbocycles.